The summed E-state index contributed by atoms with van der Waals surface area (Å²) >= 11 is 17.3. The minimum atomic E-state index is -2.18. The second-order valence-corrected chi connectivity index (χ2v) is 10.1. The van der Waals surface area contributed by atoms with Gasteiger partial charge in [0, 0.05) is 31.2 Å². The molecule has 1 N–H and O–H groups in total. The summed E-state index contributed by atoms with van der Waals surface area (Å²) in [6.07, 6.45) is 1.38. The van der Waals surface area contributed by atoms with Gasteiger partial charge >= 0.3 is 6.09 Å². The van der Waals surface area contributed by atoms with Crippen molar-refractivity contribution < 1.29 is 14.3 Å². The number of anilines is 1. The minimum absolute atomic E-state index is 0.172. The largest absolute Gasteiger partial charge is 0.415 e. The quantitative estimate of drug-likeness (QED) is 0.387. The topological polar surface area (TPSA) is 63.6 Å². The van der Waals surface area contributed by atoms with Gasteiger partial charge in [-0.3, -0.25) is 4.79 Å². The van der Waals surface area contributed by atoms with E-state index in [2.05, 4.69) is 37.4 Å². The number of hydrogen-bond donors (Lipinski definition) is 1. The van der Waals surface area contributed by atoms with Crippen LogP contribution in [-0.4, -0.2) is 38.3 Å². The first-order valence-electron chi connectivity index (χ1n) is 10.6. The lowest BCUT2D eigenvalue weighted by Crippen LogP contribution is -2.33. The fourth-order valence-electron chi connectivity index (χ4n) is 3.79. The van der Waals surface area contributed by atoms with Crippen molar-refractivity contribution in [2.75, 3.05) is 18.4 Å². The van der Waals surface area contributed by atoms with Gasteiger partial charge in [0.15, 0.2) is 5.75 Å². The summed E-state index contributed by atoms with van der Waals surface area (Å²) in [5, 5.41) is 3.28. The fourth-order valence-corrected chi connectivity index (χ4v) is 3.93. The third-order valence-electron chi connectivity index (χ3n) is 5.26. The molecule has 3 rings (SSSR count). The Morgan fingerprint density at radius 2 is 1.67 bits per heavy atom. The van der Waals surface area contributed by atoms with Crippen LogP contribution in [0.15, 0.2) is 42.6 Å². The van der Waals surface area contributed by atoms with Gasteiger partial charge in [0.1, 0.15) is 0 Å². The lowest BCUT2D eigenvalue weighted by molar-refractivity contribution is -0.115. The van der Waals surface area contributed by atoms with Crippen LogP contribution in [0.1, 0.15) is 30.5 Å². The van der Waals surface area contributed by atoms with Crippen molar-refractivity contribution in [1.82, 2.24) is 9.47 Å². The zero-order valence-electron chi connectivity index (χ0n) is 18.9. The first kappa shape index (κ1) is 25.2. The number of nitrogens with one attached hydrogen (secondary N) is 1. The second kappa shape index (κ2) is 10.2. The molecule has 1 heterocycles. The van der Waals surface area contributed by atoms with E-state index < -0.39 is 15.8 Å². The highest BCUT2D eigenvalue weighted by molar-refractivity contribution is 6.76. The van der Waals surface area contributed by atoms with Gasteiger partial charge in [-0.1, -0.05) is 64.1 Å². The number of alkyl halides is 3. The molecule has 0 saturated carbocycles. The number of benzene rings is 2. The second-order valence-electron chi connectivity index (χ2n) is 7.80. The molecule has 6 nitrogen and oxygen atoms in total. The number of ether oxygens (including phenoxy) is 1. The molecule has 0 aliphatic rings. The van der Waals surface area contributed by atoms with Crippen molar-refractivity contribution in [1.29, 1.82) is 0 Å². The first-order valence-corrected chi connectivity index (χ1v) is 11.7. The Morgan fingerprint density at radius 1 is 1.03 bits per heavy atom. The van der Waals surface area contributed by atoms with E-state index in [0.717, 1.165) is 11.1 Å². The van der Waals surface area contributed by atoms with Crippen LogP contribution in [0.4, 0.5) is 10.5 Å². The normalized spacial score (nSPS) is 11.5. The summed E-state index contributed by atoms with van der Waals surface area (Å²) in [6.45, 7) is 9.43. The molecule has 33 heavy (non-hydrogen) atoms. The Hall–Kier alpha value is -2.41. The van der Waals surface area contributed by atoms with E-state index in [-0.39, 0.29) is 11.4 Å². The highest BCUT2D eigenvalue weighted by Gasteiger charge is 2.32. The molecule has 2 aromatic carbocycles. The van der Waals surface area contributed by atoms with E-state index >= 15 is 0 Å². The molecule has 3 aromatic rings. The molecule has 176 valence electrons. The van der Waals surface area contributed by atoms with Gasteiger partial charge in [-0.05, 0) is 51.5 Å². The van der Waals surface area contributed by atoms with Crippen LogP contribution < -0.4 is 10.1 Å². The summed E-state index contributed by atoms with van der Waals surface area (Å²) in [4.78, 5) is 26.6. The van der Waals surface area contributed by atoms with Gasteiger partial charge in [0.05, 0.1) is 11.2 Å². The number of carbonyl (C=O) groups excluding carboxylic acids is 2. The monoisotopic (exact) mass is 509 g/mol. The van der Waals surface area contributed by atoms with E-state index in [4.69, 9.17) is 39.5 Å². The molecule has 2 amide bonds. The molecule has 9 heteroatoms. The van der Waals surface area contributed by atoms with Crippen LogP contribution in [0.5, 0.6) is 5.75 Å². The number of amides is 2. The average molecular weight is 511 g/mol. The summed E-state index contributed by atoms with van der Waals surface area (Å²) in [5.74, 6) is -0.673. The zero-order valence-corrected chi connectivity index (χ0v) is 21.2. The number of rotatable bonds is 6. The van der Waals surface area contributed by atoms with Crippen molar-refractivity contribution in [2.45, 2.75) is 38.0 Å². The number of aromatic nitrogens is 1. The van der Waals surface area contributed by atoms with Gasteiger partial charge in [-0.2, -0.15) is 0 Å². The number of halogens is 3. The minimum Gasteiger partial charge on any atom is -0.408 e. The van der Waals surface area contributed by atoms with Crippen LogP contribution in [0.25, 0.3) is 10.9 Å². The Morgan fingerprint density at radius 3 is 2.24 bits per heavy atom. The fraction of sp³-hybridized carbons (Fsp3) is 0.333. The molecule has 0 fully saturated rings. The number of nitrogens with zero attached hydrogens (tertiary/aromatic N) is 2. The van der Waals surface area contributed by atoms with Crippen LogP contribution in [0.3, 0.4) is 0 Å². The molecule has 0 spiro atoms. The van der Waals surface area contributed by atoms with Crippen molar-refractivity contribution in [3.63, 3.8) is 0 Å². The number of hydrogen-bond acceptors (Lipinski definition) is 3. The molecule has 0 saturated heterocycles. The van der Waals surface area contributed by atoms with Crippen LogP contribution in [-0.2, 0) is 11.3 Å². The van der Waals surface area contributed by atoms with Gasteiger partial charge in [0.25, 0.3) is 9.70 Å². The van der Waals surface area contributed by atoms with E-state index in [1.54, 1.807) is 6.07 Å². The van der Waals surface area contributed by atoms with Gasteiger partial charge < -0.3 is 19.5 Å². The van der Waals surface area contributed by atoms with Crippen molar-refractivity contribution in [3.05, 3.63) is 59.3 Å². The predicted octanol–water partition coefficient (Wildman–Crippen LogP) is 6.46. The van der Waals surface area contributed by atoms with Crippen molar-refractivity contribution in [2.24, 2.45) is 0 Å². The van der Waals surface area contributed by atoms with Crippen LogP contribution in [0, 0.1) is 13.8 Å². The maximum atomic E-state index is 12.6. The Labute approximate surface area is 208 Å². The summed E-state index contributed by atoms with van der Waals surface area (Å²) in [5.41, 5.74) is 4.61. The third-order valence-corrected chi connectivity index (χ3v) is 5.78. The summed E-state index contributed by atoms with van der Waals surface area (Å²) in [7, 11) is 0. The Balaban J connectivity index is 2.05. The smallest absolute Gasteiger partial charge is 0.408 e. The number of carbonyl (C=O) groups is 2. The maximum Gasteiger partial charge on any atom is 0.415 e. The van der Waals surface area contributed by atoms with Gasteiger partial charge in [-0.25, -0.2) is 4.79 Å². The highest BCUT2D eigenvalue weighted by atomic mass is 35.6. The average Bonchev–Trinajstić information content (AvgIpc) is 3.12. The van der Waals surface area contributed by atoms with Crippen LogP contribution >= 0.6 is 34.8 Å². The van der Waals surface area contributed by atoms with Crippen LogP contribution in [0.2, 0.25) is 0 Å². The molecule has 0 bridgehead atoms. The molecular weight excluding hydrogens is 485 g/mol. The van der Waals surface area contributed by atoms with E-state index in [1.165, 1.54) is 16.0 Å². The first-order chi connectivity index (χ1) is 15.5. The van der Waals surface area contributed by atoms with E-state index in [1.807, 2.05) is 36.7 Å². The Bertz CT molecular complexity index is 1160. The van der Waals surface area contributed by atoms with Crippen molar-refractivity contribution >= 4 is 63.4 Å². The number of aryl methyl sites for hydroxylation is 2. The molecule has 0 radical (unpaired) electrons. The standard InChI is InChI=1S/C24H26Cl3N3O3/c1-5-29(6-2)23(32)33-20-8-7-19-18(21(20)28-22(31)24(25,26)27)9-10-30(19)14-17-12-15(3)11-16(4)13-17/h7-13H,5-6,14H2,1-4H3,(H,28,31). The summed E-state index contributed by atoms with van der Waals surface area (Å²) in [6, 6.07) is 11.7. The van der Waals surface area contributed by atoms with E-state index in [9.17, 15) is 9.59 Å². The maximum absolute atomic E-state index is 12.6. The summed E-state index contributed by atoms with van der Waals surface area (Å²) < 4.78 is 5.47. The third kappa shape index (κ3) is 5.94. The predicted molar refractivity (Wildman–Crippen MR) is 135 cm³/mol. The van der Waals surface area contributed by atoms with Crippen molar-refractivity contribution in [3.8, 4) is 5.75 Å². The lowest BCUT2D eigenvalue weighted by Gasteiger charge is -2.20. The SMILES string of the molecule is CCN(CC)C(=O)Oc1ccc2c(ccn2Cc2cc(C)cc(C)c2)c1NC(=O)C(Cl)(Cl)Cl. The molecule has 1 aromatic heterocycles. The molecule has 0 aliphatic carbocycles. The Kier molecular flexibility index (Phi) is 7.83. The molecule has 0 atom stereocenters. The molecular formula is C24H26Cl3N3O3. The zero-order chi connectivity index (χ0) is 24.3. The number of fused-ring (bicyclic) bond motifs is 1. The molecule has 0 unspecified atom stereocenters. The van der Waals surface area contributed by atoms with Gasteiger partial charge in [-0.15, -0.1) is 0 Å². The molecule has 0 aliphatic heterocycles. The van der Waals surface area contributed by atoms with E-state index in [0.29, 0.717) is 25.0 Å². The highest BCUT2D eigenvalue weighted by Crippen LogP contribution is 2.37. The lowest BCUT2D eigenvalue weighted by atomic mass is 10.1. The van der Waals surface area contributed by atoms with Gasteiger partial charge in [0.2, 0.25) is 0 Å².